The number of hydrogen-bond acceptors (Lipinski definition) is 5. The van der Waals surface area contributed by atoms with Crippen LogP contribution < -0.4 is 5.56 Å². The van der Waals surface area contributed by atoms with Gasteiger partial charge in [0.25, 0.3) is 11.5 Å². The molecule has 0 bridgehead atoms. The Kier molecular flexibility index (Phi) is 4.97. The molecular weight excluding hydrogens is 475 g/mol. The van der Waals surface area contributed by atoms with Crippen molar-refractivity contribution in [3.05, 3.63) is 58.0 Å². The Balaban J connectivity index is 1.30. The molecule has 3 aliphatic rings. The number of fused-ring (bicyclic) bond motifs is 2. The van der Waals surface area contributed by atoms with Gasteiger partial charge in [0.2, 0.25) is 0 Å². The first-order valence-corrected chi connectivity index (χ1v) is 12.1. The van der Waals surface area contributed by atoms with Gasteiger partial charge in [-0.15, -0.1) is 10.2 Å². The fraction of sp³-hybridized carbons (Fsp3) is 0.542. The van der Waals surface area contributed by atoms with Crippen molar-refractivity contribution < 1.29 is 18.0 Å². The second-order valence-electron chi connectivity index (χ2n) is 10.3. The number of carbonyl (C=O) groups is 1. The quantitative estimate of drug-likeness (QED) is 0.549. The smallest absolute Gasteiger partial charge is 0.325 e. The van der Waals surface area contributed by atoms with Crippen LogP contribution in [0.4, 0.5) is 13.2 Å². The highest BCUT2D eigenvalue weighted by molar-refractivity contribution is 5.93. The van der Waals surface area contributed by atoms with Crippen LogP contribution in [0.25, 0.3) is 5.69 Å². The number of pyridine rings is 1. The molecule has 1 saturated carbocycles. The van der Waals surface area contributed by atoms with E-state index < -0.39 is 11.6 Å². The molecule has 36 heavy (non-hydrogen) atoms. The first kappa shape index (κ1) is 23.0. The van der Waals surface area contributed by atoms with E-state index in [0.717, 1.165) is 5.69 Å². The summed E-state index contributed by atoms with van der Waals surface area (Å²) in [6, 6.07) is 2.83. The summed E-state index contributed by atoms with van der Waals surface area (Å²) >= 11 is 0. The minimum absolute atomic E-state index is 0.0212. The van der Waals surface area contributed by atoms with Crippen molar-refractivity contribution in [2.24, 2.45) is 11.3 Å². The van der Waals surface area contributed by atoms with Crippen LogP contribution in [-0.4, -0.2) is 51.9 Å². The fourth-order valence-electron chi connectivity index (χ4n) is 5.76. The van der Waals surface area contributed by atoms with Gasteiger partial charge >= 0.3 is 6.18 Å². The lowest BCUT2D eigenvalue weighted by Gasteiger charge is -2.40. The van der Waals surface area contributed by atoms with E-state index >= 15 is 0 Å². The molecular formula is C24H26F3N7O2. The Hall–Kier alpha value is -3.44. The van der Waals surface area contributed by atoms with Gasteiger partial charge in [0.05, 0.1) is 24.0 Å². The Labute approximate surface area is 204 Å². The van der Waals surface area contributed by atoms with Gasteiger partial charge in [-0.25, -0.2) is 4.98 Å². The van der Waals surface area contributed by atoms with Crippen LogP contribution in [0.1, 0.15) is 54.0 Å². The summed E-state index contributed by atoms with van der Waals surface area (Å²) in [4.78, 5) is 32.3. The lowest BCUT2D eigenvalue weighted by Crippen LogP contribution is -2.50. The average molecular weight is 502 g/mol. The van der Waals surface area contributed by atoms with Gasteiger partial charge in [0.15, 0.2) is 5.82 Å². The van der Waals surface area contributed by atoms with Crippen molar-refractivity contribution in [3.8, 4) is 5.69 Å². The Morgan fingerprint density at radius 3 is 2.58 bits per heavy atom. The minimum Gasteiger partial charge on any atom is -0.325 e. The number of nitrogens with zero attached hydrogens (tertiary/aromatic N) is 7. The zero-order valence-electron chi connectivity index (χ0n) is 20.0. The first-order chi connectivity index (χ1) is 17.1. The molecule has 1 amide bonds. The van der Waals surface area contributed by atoms with Crippen molar-refractivity contribution in [1.29, 1.82) is 0 Å². The third-order valence-corrected chi connectivity index (χ3v) is 7.98. The molecule has 5 heterocycles. The molecule has 2 unspecified atom stereocenters. The standard InChI is InChI=1S/C24H26F3N7O2/c1-14-9-31(13-28-14)17-5-6-18-22(36)32(15(2)10-33(18)21(17)35)11-20-30-29-19-7-8-23(12-34(19)20,16-3-4-16)24(25,26)27/h5-6,9,13,15-16H,3-4,7-8,10-12H2,1-2H3. The molecule has 9 nitrogen and oxygen atoms in total. The first-order valence-electron chi connectivity index (χ1n) is 12.1. The molecule has 12 heteroatoms. The van der Waals surface area contributed by atoms with Crippen molar-refractivity contribution >= 4 is 5.91 Å². The topological polar surface area (TPSA) is 90.8 Å². The molecule has 1 aliphatic carbocycles. The van der Waals surface area contributed by atoms with E-state index in [-0.39, 0.29) is 61.6 Å². The van der Waals surface area contributed by atoms with Crippen LogP contribution in [0.15, 0.2) is 29.5 Å². The van der Waals surface area contributed by atoms with Gasteiger partial charge in [0, 0.05) is 31.7 Å². The number of halogens is 3. The molecule has 2 aliphatic heterocycles. The number of hydrogen-bond donors (Lipinski definition) is 0. The third-order valence-electron chi connectivity index (χ3n) is 7.98. The average Bonchev–Trinajstić information content (AvgIpc) is 3.48. The van der Waals surface area contributed by atoms with Gasteiger partial charge < -0.3 is 18.6 Å². The van der Waals surface area contributed by atoms with E-state index in [0.29, 0.717) is 30.2 Å². The number of imidazole rings is 1. The maximum Gasteiger partial charge on any atom is 0.396 e. The van der Waals surface area contributed by atoms with E-state index in [1.807, 2.05) is 13.8 Å². The van der Waals surface area contributed by atoms with Gasteiger partial charge in [-0.3, -0.25) is 9.59 Å². The van der Waals surface area contributed by atoms with Crippen molar-refractivity contribution in [3.63, 3.8) is 0 Å². The summed E-state index contributed by atoms with van der Waals surface area (Å²) in [5, 5.41) is 8.34. The van der Waals surface area contributed by atoms with Gasteiger partial charge in [0.1, 0.15) is 17.2 Å². The molecule has 0 saturated heterocycles. The Bertz CT molecular complexity index is 1420. The Morgan fingerprint density at radius 1 is 1.14 bits per heavy atom. The van der Waals surface area contributed by atoms with Gasteiger partial charge in [-0.2, -0.15) is 13.2 Å². The SMILES string of the molecule is Cc1cn(-c2ccc3n(c2=O)CC(C)N(Cc2nnc4n2CC(C2CC2)(C(F)(F)F)CC4)C3=O)cn1. The van der Waals surface area contributed by atoms with Crippen LogP contribution in [0.2, 0.25) is 0 Å². The number of carbonyl (C=O) groups excluding carboxylic acids is 1. The monoisotopic (exact) mass is 501 g/mol. The van der Waals surface area contributed by atoms with E-state index in [1.54, 1.807) is 38.7 Å². The number of rotatable bonds is 4. The number of amides is 1. The van der Waals surface area contributed by atoms with Crippen molar-refractivity contribution in [1.82, 2.24) is 33.8 Å². The van der Waals surface area contributed by atoms with Crippen molar-refractivity contribution in [2.75, 3.05) is 0 Å². The molecule has 2 atom stereocenters. The van der Waals surface area contributed by atoms with Crippen LogP contribution in [0, 0.1) is 18.3 Å². The Morgan fingerprint density at radius 2 is 1.92 bits per heavy atom. The molecule has 1 fully saturated rings. The zero-order valence-corrected chi connectivity index (χ0v) is 20.0. The third kappa shape index (κ3) is 3.40. The second-order valence-corrected chi connectivity index (χ2v) is 10.3. The molecule has 190 valence electrons. The predicted molar refractivity (Wildman–Crippen MR) is 121 cm³/mol. The van der Waals surface area contributed by atoms with Crippen LogP contribution >= 0.6 is 0 Å². The van der Waals surface area contributed by atoms with Crippen LogP contribution in [-0.2, 0) is 26.1 Å². The summed E-state index contributed by atoms with van der Waals surface area (Å²) in [6.07, 6.45) is 0.375. The number of aromatic nitrogens is 6. The van der Waals surface area contributed by atoms with Gasteiger partial charge in [-0.05, 0) is 51.2 Å². The number of alkyl halides is 3. The van der Waals surface area contributed by atoms with E-state index in [9.17, 15) is 22.8 Å². The van der Waals surface area contributed by atoms with Gasteiger partial charge in [-0.1, -0.05) is 0 Å². The minimum atomic E-state index is -4.31. The molecule has 3 aromatic heterocycles. The highest BCUT2D eigenvalue weighted by atomic mass is 19.4. The highest BCUT2D eigenvalue weighted by Crippen LogP contribution is 2.59. The molecule has 0 aromatic carbocycles. The normalized spacial score (nSPS) is 24.1. The number of aryl methyl sites for hydroxylation is 2. The molecule has 0 N–H and O–H groups in total. The molecule has 6 rings (SSSR count). The molecule has 0 spiro atoms. The summed E-state index contributed by atoms with van der Waals surface area (Å²) < 4.78 is 47.3. The maximum atomic E-state index is 14.2. The highest BCUT2D eigenvalue weighted by Gasteiger charge is 2.63. The van der Waals surface area contributed by atoms with Crippen LogP contribution in [0.3, 0.4) is 0 Å². The summed E-state index contributed by atoms with van der Waals surface area (Å²) in [5.74, 6) is 0.139. The lowest BCUT2D eigenvalue weighted by atomic mass is 9.75. The summed E-state index contributed by atoms with van der Waals surface area (Å²) in [5.41, 5.74) is -0.677. The second kappa shape index (κ2) is 7.78. The summed E-state index contributed by atoms with van der Waals surface area (Å²) in [7, 11) is 0. The van der Waals surface area contributed by atoms with E-state index in [2.05, 4.69) is 15.2 Å². The summed E-state index contributed by atoms with van der Waals surface area (Å²) in [6.45, 7) is 3.72. The fourth-order valence-corrected chi connectivity index (χ4v) is 5.76. The van der Waals surface area contributed by atoms with E-state index in [1.165, 1.54) is 4.57 Å². The van der Waals surface area contributed by atoms with Crippen molar-refractivity contribution in [2.45, 2.75) is 71.4 Å². The lowest BCUT2D eigenvalue weighted by molar-refractivity contribution is -0.243. The zero-order chi connectivity index (χ0) is 25.4. The largest absolute Gasteiger partial charge is 0.396 e. The van der Waals surface area contributed by atoms with E-state index in [4.69, 9.17) is 0 Å². The molecule has 0 radical (unpaired) electrons. The molecule has 3 aromatic rings. The predicted octanol–water partition coefficient (Wildman–Crippen LogP) is 2.88. The van der Waals surface area contributed by atoms with Crippen LogP contribution in [0.5, 0.6) is 0 Å². The maximum absolute atomic E-state index is 14.2.